The largest absolute Gasteiger partial charge is 0.507 e. The van der Waals surface area contributed by atoms with Gasteiger partial charge in [-0.25, -0.2) is 0 Å². The standard InChI is InChI=1S/C20H28O13/c1-6(22)12-9(23)3-8(4-10(12)24)31-20-18(16(28)14(26)11(5-21)32-20)33-19-17(29)15(27)13(25)7(2)30-19/h3-4,7,11,13-21,23-29H,5H2,1-2H3. The molecule has 3 rings (SSSR count). The van der Waals surface area contributed by atoms with E-state index in [0.717, 1.165) is 19.1 Å². The summed E-state index contributed by atoms with van der Waals surface area (Å²) in [7, 11) is 0. The Morgan fingerprint density at radius 1 is 0.909 bits per heavy atom. The van der Waals surface area contributed by atoms with E-state index >= 15 is 0 Å². The predicted octanol–water partition coefficient (Wildman–Crippen LogP) is -2.67. The van der Waals surface area contributed by atoms with Crippen LogP contribution in [0.25, 0.3) is 0 Å². The molecule has 10 atom stereocenters. The quantitative estimate of drug-likeness (QED) is 0.197. The van der Waals surface area contributed by atoms with Crippen LogP contribution in [-0.2, 0) is 14.2 Å². The zero-order chi connectivity index (χ0) is 24.6. The molecular formula is C20H28O13. The monoisotopic (exact) mass is 476 g/mol. The van der Waals surface area contributed by atoms with E-state index in [1.807, 2.05) is 0 Å². The molecule has 186 valence electrons. The van der Waals surface area contributed by atoms with Gasteiger partial charge in [-0.2, -0.15) is 0 Å². The fourth-order valence-electron chi connectivity index (χ4n) is 3.73. The first-order chi connectivity index (χ1) is 15.5. The van der Waals surface area contributed by atoms with Crippen LogP contribution in [0.1, 0.15) is 24.2 Å². The van der Waals surface area contributed by atoms with E-state index in [9.17, 15) is 45.6 Å². The maximum atomic E-state index is 11.6. The van der Waals surface area contributed by atoms with Crippen molar-refractivity contribution in [2.24, 2.45) is 0 Å². The van der Waals surface area contributed by atoms with Gasteiger partial charge >= 0.3 is 0 Å². The number of ketones is 1. The van der Waals surface area contributed by atoms with Gasteiger partial charge in [-0.05, 0) is 13.8 Å². The molecule has 1 aromatic rings. The molecule has 2 aliphatic rings. The minimum atomic E-state index is -1.74. The van der Waals surface area contributed by atoms with E-state index in [4.69, 9.17) is 18.9 Å². The van der Waals surface area contributed by atoms with Gasteiger partial charge in [0.25, 0.3) is 0 Å². The number of phenols is 2. The number of aliphatic hydroxyl groups excluding tert-OH is 6. The van der Waals surface area contributed by atoms with Crippen molar-refractivity contribution in [2.75, 3.05) is 6.61 Å². The molecule has 0 radical (unpaired) electrons. The Labute approximate surface area is 187 Å². The van der Waals surface area contributed by atoms with Gasteiger partial charge in [0.1, 0.15) is 59.4 Å². The van der Waals surface area contributed by atoms with E-state index in [0.29, 0.717) is 0 Å². The number of ether oxygens (including phenoxy) is 4. The number of carbonyl (C=O) groups is 1. The van der Waals surface area contributed by atoms with Crippen LogP contribution < -0.4 is 4.74 Å². The third-order valence-electron chi connectivity index (χ3n) is 5.60. The Morgan fingerprint density at radius 3 is 2.06 bits per heavy atom. The van der Waals surface area contributed by atoms with Gasteiger partial charge < -0.3 is 59.8 Å². The average Bonchev–Trinajstić information content (AvgIpc) is 2.74. The number of phenolic OH excluding ortho intramolecular Hbond substituents is 2. The van der Waals surface area contributed by atoms with Gasteiger partial charge in [-0.1, -0.05) is 0 Å². The molecule has 33 heavy (non-hydrogen) atoms. The summed E-state index contributed by atoms with van der Waals surface area (Å²) >= 11 is 0. The Hall–Kier alpha value is -2.07. The van der Waals surface area contributed by atoms with Crippen LogP contribution in [0.3, 0.4) is 0 Å². The molecule has 8 N–H and O–H groups in total. The van der Waals surface area contributed by atoms with E-state index in [-0.39, 0.29) is 11.3 Å². The molecular weight excluding hydrogens is 448 g/mol. The van der Waals surface area contributed by atoms with Crippen LogP contribution in [0, 0.1) is 0 Å². The number of hydrogen-bond donors (Lipinski definition) is 8. The first-order valence-electron chi connectivity index (χ1n) is 10.2. The normalized spacial score (nSPS) is 39.3. The zero-order valence-corrected chi connectivity index (χ0v) is 17.8. The third-order valence-corrected chi connectivity index (χ3v) is 5.60. The van der Waals surface area contributed by atoms with Crippen LogP contribution in [-0.4, -0.2) is 115 Å². The van der Waals surface area contributed by atoms with Crippen molar-refractivity contribution in [3.63, 3.8) is 0 Å². The predicted molar refractivity (Wildman–Crippen MR) is 105 cm³/mol. The maximum absolute atomic E-state index is 11.6. The molecule has 2 heterocycles. The fraction of sp³-hybridized carbons (Fsp3) is 0.650. The Bertz CT molecular complexity index is 824. The minimum Gasteiger partial charge on any atom is -0.507 e. The lowest BCUT2D eigenvalue weighted by Gasteiger charge is -2.45. The SMILES string of the molecule is CC(=O)c1c(O)cc(OC2OC(CO)C(O)C(O)C2OC2OC(C)C(O)C(O)C2O)cc1O. The highest BCUT2D eigenvalue weighted by Gasteiger charge is 2.50. The van der Waals surface area contributed by atoms with Crippen LogP contribution >= 0.6 is 0 Å². The fourth-order valence-corrected chi connectivity index (χ4v) is 3.73. The second-order valence-corrected chi connectivity index (χ2v) is 8.00. The number of hydrogen-bond acceptors (Lipinski definition) is 13. The van der Waals surface area contributed by atoms with Crippen molar-refractivity contribution in [1.29, 1.82) is 0 Å². The maximum Gasteiger partial charge on any atom is 0.229 e. The molecule has 0 saturated carbocycles. The summed E-state index contributed by atoms with van der Waals surface area (Å²) < 4.78 is 21.9. The number of benzene rings is 1. The topological polar surface area (TPSA) is 216 Å². The zero-order valence-electron chi connectivity index (χ0n) is 17.8. The molecule has 0 aliphatic carbocycles. The Kier molecular flexibility index (Phi) is 7.78. The number of rotatable bonds is 6. The number of carbonyl (C=O) groups excluding carboxylic acids is 1. The van der Waals surface area contributed by atoms with Gasteiger partial charge in [-0.3, -0.25) is 4.79 Å². The van der Waals surface area contributed by atoms with Gasteiger partial charge in [0.05, 0.1) is 12.7 Å². The van der Waals surface area contributed by atoms with Crippen molar-refractivity contribution in [3.8, 4) is 17.2 Å². The number of aliphatic hydroxyl groups is 6. The minimum absolute atomic E-state index is 0.220. The molecule has 0 spiro atoms. The highest BCUT2D eigenvalue weighted by atomic mass is 16.8. The molecule has 13 heteroatoms. The Morgan fingerprint density at radius 2 is 1.52 bits per heavy atom. The molecule has 0 amide bonds. The van der Waals surface area contributed by atoms with E-state index in [1.54, 1.807) is 0 Å². The lowest BCUT2D eigenvalue weighted by Crippen LogP contribution is -2.64. The molecule has 2 saturated heterocycles. The first kappa shape index (κ1) is 25.6. The molecule has 0 aromatic heterocycles. The summed E-state index contributed by atoms with van der Waals surface area (Å²) in [6.45, 7) is 1.83. The highest BCUT2D eigenvalue weighted by Crippen LogP contribution is 2.35. The summed E-state index contributed by atoms with van der Waals surface area (Å²) in [5, 5.41) is 80.4. The van der Waals surface area contributed by atoms with Gasteiger partial charge in [0.2, 0.25) is 6.29 Å². The van der Waals surface area contributed by atoms with E-state index in [1.165, 1.54) is 6.92 Å². The first-order valence-corrected chi connectivity index (χ1v) is 10.2. The van der Waals surface area contributed by atoms with E-state index in [2.05, 4.69) is 0 Å². The average molecular weight is 476 g/mol. The molecule has 2 aliphatic heterocycles. The lowest BCUT2D eigenvalue weighted by molar-refractivity contribution is -0.354. The third kappa shape index (κ3) is 5.06. The van der Waals surface area contributed by atoms with Crippen LogP contribution in [0.4, 0.5) is 0 Å². The number of Topliss-reactive ketones (excluding diaryl/α,β-unsaturated/α-hetero) is 1. The number of aromatic hydroxyl groups is 2. The van der Waals surface area contributed by atoms with Crippen molar-refractivity contribution in [2.45, 2.75) is 75.3 Å². The van der Waals surface area contributed by atoms with Crippen molar-refractivity contribution < 1.29 is 64.6 Å². The summed E-state index contributed by atoms with van der Waals surface area (Å²) in [6.07, 6.45) is -15.2. The van der Waals surface area contributed by atoms with Crippen LogP contribution in [0.15, 0.2) is 12.1 Å². The Balaban J connectivity index is 1.88. The second kappa shape index (κ2) is 10.0. The van der Waals surface area contributed by atoms with Gasteiger partial charge in [0, 0.05) is 12.1 Å². The molecule has 10 unspecified atom stereocenters. The van der Waals surface area contributed by atoms with Gasteiger partial charge in [0.15, 0.2) is 18.2 Å². The summed E-state index contributed by atoms with van der Waals surface area (Å²) in [5.41, 5.74) is -0.344. The van der Waals surface area contributed by atoms with Crippen LogP contribution in [0.2, 0.25) is 0 Å². The van der Waals surface area contributed by atoms with E-state index < -0.39 is 85.3 Å². The molecule has 13 nitrogen and oxygen atoms in total. The molecule has 0 bridgehead atoms. The highest BCUT2D eigenvalue weighted by molar-refractivity contribution is 5.99. The van der Waals surface area contributed by atoms with Crippen molar-refractivity contribution >= 4 is 5.78 Å². The lowest BCUT2D eigenvalue weighted by atomic mass is 9.97. The summed E-state index contributed by atoms with van der Waals surface area (Å²) in [4.78, 5) is 11.6. The molecule has 1 aromatic carbocycles. The second-order valence-electron chi connectivity index (χ2n) is 8.00. The van der Waals surface area contributed by atoms with Crippen molar-refractivity contribution in [1.82, 2.24) is 0 Å². The summed E-state index contributed by atoms with van der Waals surface area (Å²) in [6, 6.07) is 1.99. The molecule has 2 fully saturated rings. The van der Waals surface area contributed by atoms with Crippen molar-refractivity contribution in [3.05, 3.63) is 17.7 Å². The summed E-state index contributed by atoms with van der Waals surface area (Å²) in [5.74, 6) is -2.02. The smallest absolute Gasteiger partial charge is 0.229 e. The van der Waals surface area contributed by atoms with Gasteiger partial charge in [-0.15, -0.1) is 0 Å². The van der Waals surface area contributed by atoms with Crippen LogP contribution in [0.5, 0.6) is 17.2 Å².